The summed E-state index contributed by atoms with van der Waals surface area (Å²) in [4.78, 5) is 0. The number of ether oxygens (including phenoxy) is 1. The second-order valence-corrected chi connectivity index (χ2v) is 4.01. The van der Waals surface area contributed by atoms with Gasteiger partial charge < -0.3 is 10.5 Å². The van der Waals surface area contributed by atoms with Gasteiger partial charge in [-0.15, -0.1) is 0 Å². The molecule has 0 saturated carbocycles. The van der Waals surface area contributed by atoms with Crippen LogP contribution in [0.2, 0.25) is 0 Å². The fourth-order valence-electron chi connectivity index (χ4n) is 1.79. The Morgan fingerprint density at radius 2 is 2.18 bits per heavy atom. The molecule has 2 aromatic rings. The summed E-state index contributed by atoms with van der Waals surface area (Å²) in [6.45, 7) is 3.22. The van der Waals surface area contributed by atoms with E-state index in [0.717, 1.165) is 29.1 Å². The standard InChI is InChI=1S/C13H17N3O/c1-10-5-6-16(15-10)9-11-3-4-12(8-14)13(7-11)17-2/h3-7H,8-9,14H2,1-2H3. The molecule has 0 amide bonds. The van der Waals surface area contributed by atoms with E-state index in [1.165, 1.54) is 0 Å². The minimum absolute atomic E-state index is 0.490. The monoisotopic (exact) mass is 231 g/mol. The lowest BCUT2D eigenvalue weighted by Gasteiger charge is -2.09. The largest absolute Gasteiger partial charge is 0.496 e. The molecular weight excluding hydrogens is 214 g/mol. The Balaban J connectivity index is 2.22. The minimum atomic E-state index is 0.490. The number of nitrogens with zero attached hydrogens (tertiary/aromatic N) is 2. The Kier molecular flexibility index (Phi) is 3.44. The minimum Gasteiger partial charge on any atom is -0.496 e. The van der Waals surface area contributed by atoms with E-state index in [2.05, 4.69) is 11.2 Å². The van der Waals surface area contributed by atoms with Crippen molar-refractivity contribution in [2.24, 2.45) is 5.73 Å². The van der Waals surface area contributed by atoms with Crippen LogP contribution in [0.25, 0.3) is 0 Å². The van der Waals surface area contributed by atoms with Crippen molar-refractivity contribution in [2.75, 3.05) is 7.11 Å². The van der Waals surface area contributed by atoms with Gasteiger partial charge in [-0.2, -0.15) is 5.10 Å². The summed E-state index contributed by atoms with van der Waals surface area (Å²) in [5.41, 5.74) is 8.83. The van der Waals surface area contributed by atoms with Crippen LogP contribution < -0.4 is 10.5 Å². The predicted octanol–water partition coefficient (Wildman–Crippen LogP) is 1.71. The second kappa shape index (κ2) is 5.01. The van der Waals surface area contributed by atoms with E-state index in [9.17, 15) is 0 Å². The third-order valence-electron chi connectivity index (χ3n) is 2.69. The van der Waals surface area contributed by atoms with Crippen LogP contribution >= 0.6 is 0 Å². The van der Waals surface area contributed by atoms with Crippen molar-refractivity contribution < 1.29 is 4.74 Å². The number of aromatic nitrogens is 2. The van der Waals surface area contributed by atoms with Gasteiger partial charge in [-0.1, -0.05) is 12.1 Å². The molecule has 1 heterocycles. The molecule has 0 aliphatic carbocycles. The van der Waals surface area contributed by atoms with Crippen molar-refractivity contribution in [1.29, 1.82) is 0 Å². The van der Waals surface area contributed by atoms with Crippen LogP contribution in [-0.2, 0) is 13.1 Å². The van der Waals surface area contributed by atoms with Crippen LogP contribution in [0, 0.1) is 6.92 Å². The summed E-state index contributed by atoms with van der Waals surface area (Å²) in [5.74, 6) is 0.842. The van der Waals surface area contributed by atoms with Crippen molar-refractivity contribution in [2.45, 2.75) is 20.0 Å². The molecule has 90 valence electrons. The van der Waals surface area contributed by atoms with E-state index in [-0.39, 0.29) is 0 Å². The van der Waals surface area contributed by atoms with Gasteiger partial charge in [0.15, 0.2) is 0 Å². The normalized spacial score (nSPS) is 10.5. The first kappa shape index (κ1) is 11.7. The van der Waals surface area contributed by atoms with E-state index in [4.69, 9.17) is 10.5 Å². The zero-order valence-corrected chi connectivity index (χ0v) is 10.2. The van der Waals surface area contributed by atoms with Gasteiger partial charge in [-0.25, -0.2) is 0 Å². The predicted molar refractivity (Wildman–Crippen MR) is 67.0 cm³/mol. The first-order valence-electron chi connectivity index (χ1n) is 5.59. The van der Waals surface area contributed by atoms with Crippen LogP contribution in [0.5, 0.6) is 5.75 Å². The molecule has 1 aromatic carbocycles. The first-order chi connectivity index (χ1) is 8.22. The zero-order chi connectivity index (χ0) is 12.3. The molecule has 0 spiro atoms. The Morgan fingerprint density at radius 1 is 1.35 bits per heavy atom. The maximum atomic E-state index is 5.63. The van der Waals surface area contributed by atoms with Crippen molar-refractivity contribution in [3.63, 3.8) is 0 Å². The van der Waals surface area contributed by atoms with Crippen molar-refractivity contribution in [3.05, 3.63) is 47.3 Å². The molecule has 4 heteroatoms. The highest BCUT2D eigenvalue weighted by atomic mass is 16.5. The second-order valence-electron chi connectivity index (χ2n) is 4.01. The molecule has 0 bridgehead atoms. The molecule has 0 radical (unpaired) electrons. The molecule has 2 N–H and O–H groups in total. The van der Waals surface area contributed by atoms with Gasteiger partial charge in [0.2, 0.25) is 0 Å². The topological polar surface area (TPSA) is 53.1 Å². The highest BCUT2D eigenvalue weighted by Crippen LogP contribution is 2.20. The summed E-state index contributed by atoms with van der Waals surface area (Å²) < 4.78 is 7.22. The van der Waals surface area contributed by atoms with Gasteiger partial charge in [-0.3, -0.25) is 4.68 Å². The number of nitrogens with two attached hydrogens (primary N) is 1. The van der Waals surface area contributed by atoms with Gasteiger partial charge in [0.25, 0.3) is 0 Å². The van der Waals surface area contributed by atoms with Crippen LogP contribution in [0.4, 0.5) is 0 Å². The quantitative estimate of drug-likeness (QED) is 0.871. The Morgan fingerprint density at radius 3 is 2.76 bits per heavy atom. The molecule has 4 nitrogen and oxygen atoms in total. The number of rotatable bonds is 4. The highest BCUT2D eigenvalue weighted by molar-refractivity contribution is 5.37. The number of hydrogen-bond donors (Lipinski definition) is 1. The van der Waals surface area contributed by atoms with E-state index in [0.29, 0.717) is 6.54 Å². The molecule has 0 saturated heterocycles. The third-order valence-corrected chi connectivity index (χ3v) is 2.69. The summed E-state index contributed by atoms with van der Waals surface area (Å²) >= 11 is 0. The molecule has 0 atom stereocenters. The van der Waals surface area contributed by atoms with Crippen LogP contribution in [-0.4, -0.2) is 16.9 Å². The molecule has 0 aliphatic rings. The number of hydrogen-bond acceptors (Lipinski definition) is 3. The molecular formula is C13H17N3O. The van der Waals surface area contributed by atoms with Crippen LogP contribution in [0.1, 0.15) is 16.8 Å². The van der Waals surface area contributed by atoms with E-state index in [1.807, 2.05) is 36.0 Å². The van der Waals surface area contributed by atoms with Crippen LogP contribution in [0.15, 0.2) is 30.5 Å². The average Bonchev–Trinajstić information content (AvgIpc) is 2.74. The molecule has 0 fully saturated rings. The molecule has 0 unspecified atom stereocenters. The van der Waals surface area contributed by atoms with E-state index in [1.54, 1.807) is 7.11 Å². The lowest BCUT2D eigenvalue weighted by Crippen LogP contribution is -2.04. The van der Waals surface area contributed by atoms with Gasteiger partial charge in [0.05, 0.1) is 19.3 Å². The van der Waals surface area contributed by atoms with Crippen molar-refractivity contribution >= 4 is 0 Å². The van der Waals surface area contributed by atoms with Gasteiger partial charge in [0.1, 0.15) is 5.75 Å². The van der Waals surface area contributed by atoms with E-state index >= 15 is 0 Å². The summed E-state index contributed by atoms with van der Waals surface area (Å²) in [7, 11) is 1.66. The Bertz CT molecular complexity index is 505. The van der Waals surface area contributed by atoms with Crippen LogP contribution in [0.3, 0.4) is 0 Å². The first-order valence-corrected chi connectivity index (χ1v) is 5.59. The van der Waals surface area contributed by atoms with Gasteiger partial charge >= 0.3 is 0 Å². The highest BCUT2D eigenvalue weighted by Gasteiger charge is 2.04. The molecule has 17 heavy (non-hydrogen) atoms. The van der Waals surface area contributed by atoms with Crippen molar-refractivity contribution in [1.82, 2.24) is 9.78 Å². The third kappa shape index (κ3) is 2.65. The smallest absolute Gasteiger partial charge is 0.123 e. The maximum absolute atomic E-state index is 5.63. The molecule has 1 aromatic heterocycles. The summed E-state index contributed by atoms with van der Waals surface area (Å²) in [5, 5.41) is 4.36. The summed E-state index contributed by atoms with van der Waals surface area (Å²) in [6.07, 6.45) is 1.97. The SMILES string of the molecule is COc1cc(Cn2ccc(C)n2)ccc1CN. The van der Waals surface area contributed by atoms with Gasteiger partial charge in [-0.05, 0) is 24.6 Å². The lowest BCUT2D eigenvalue weighted by atomic mass is 10.1. The van der Waals surface area contributed by atoms with Crippen molar-refractivity contribution in [3.8, 4) is 5.75 Å². The Labute approximate surface area is 101 Å². The van der Waals surface area contributed by atoms with Gasteiger partial charge in [0, 0.05) is 18.3 Å². The maximum Gasteiger partial charge on any atom is 0.123 e. The lowest BCUT2D eigenvalue weighted by molar-refractivity contribution is 0.409. The molecule has 2 rings (SSSR count). The van der Waals surface area contributed by atoms with E-state index < -0.39 is 0 Å². The average molecular weight is 231 g/mol. The number of methoxy groups -OCH3 is 1. The number of benzene rings is 1. The summed E-state index contributed by atoms with van der Waals surface area (Å²) in [6, 6.07) is 8.07. The Hall–Kier alpha value is -1.81. The molecule has 0 aliphatic heterocycles. The fourth-order valence-corrected chi connectivity index (χ4v) is 1.79. The number of aryl methyl sites for hydroxylation is 1. The zero-order valence-electron chi connectivity index (χ0n) is 10.2. The fraction of sp³-hybridized carbons (Fsp3) is 0.308.